The van der Waals surface area contributed by atoms with Crippen molar-refractivity contribution in [3.8, 4) is 0 Å². The summed E-state index contributed by atoms with van der Waals surface area (Å²) in [5, 5.41) is 0. The van der Waals surface area contributed by atoms with Gasteiger partial charge >= 0.3 is 0 Å². The van der Waals surface area contributed by atoms with E-state index in [1.165, 1.54) is 25.7 Å². The quantitative estimate of drug-likeness (QED) is 0.649. The van der Waals surface area contributed by atoms with Gasteiger partial charge in [0.1, 0.15) is 0 Å². The summed E-state index contributed by atoms with van der Waals surface area (Å²) < 4.78 is 5.82. The summed E-state index contributed by atoms with van der Waals surface area (Å²) in [7, 11) is 0. The molecule has 0 radical (unpaired) electrons. The van der Waals surface area contributed by atoms with Crippen LogP contribution in [0.5, 0.6) is 0 Å². The molecule has 4 saturated carbocycles. The fourth-order valence-electron chi connectivity index (χ4n) is 4.57. The maximum absolute atomic E-state index is 5.82. The first-order valence-electron chi connectivity index (χ1n) is 5.92. The second-order valence-electron chi connectivity index (χ2n) is 5.21. The molecule has 3 unspecified atom stereocenters. The van der Waals surface area contributed by atoms with E-state index < -0.39 is 0 Å². The molecule has 0 heterocycles. The zero-order chi connectivity index (χ0) is 9.05. The van der Waals surface area contributed by atoms with Crippen LogP contribution >= 0.6 is 0 Å². The van der Waals surface area contributed by atoms with Crippen LogP contribution in [-0.2, 0) is 4.74 Å². The van der Waals surface area contributed by atoms with Crippen molar-refractivity contribution in [2.75, 3.05) is 6.61 Å². The Morgan fingerprint density at radius 3 is 2.77 bits per heavy atom. The minimum atomic E-state index is 0.540. The molecular formula is C12H20O. The zero-order valence-electron chi connectivity index (χ0n) is 8.75. The number of rotatable bonds is 3. The second kappa shape index (κ2) is 2.50. The molecule has 4 aliphatic rings. The highest BCUT2D eigenvalue weighted by molar-refractivity contribution is 5.22. The van der Waals surface area contributed by atoms with Gasteiger partial charge in [0.05, 0.1) is 6.10 Å². The molecule has 0 N–H and O–H groups in total. The second-order valence-corrected chi connectivity index (χ2v) is 5.21. The largest absolute Gasteiger partial charge is 0.378 e. The predicted octanol–water partition coefficient (Wildman–Crippen LogP) is 2.85. The van der Waals surface area contributed by atoms with Gasteiger partial charge in [-0.3, -0.25) is 0 Å². The summed E-state index contributed by atoms with van der Waals surface area (Å²) in [4.78, 5) is 0. The zero-order valence-corrected chi connectivity index (χ0v) is 8.75. The van der Waals surface area contributed by atoms with Crippen LogP contribution in [0.15, 0.2) is 0 Å². The molecule has 74 valence electrons. The SMILES string of the molecule is CCOC(C)C12CCCC3C1CC32. The van der Waals surface area contributed by atoms with E-state index in [-0.39, 0.29) is 0 Å². The topological polar surface area (TPSA) is 9.23 Å². The molecule has 1 heteroatoms. The first kappa shape index (κ1) is 8.28. The lowest BCUT2D eigenvalue weighted by atomic mass is 9.27. The van der Waals surface area contributed by atoms with Crippen LogP contribution < -0.4 is 0 Å². The van der Waals surface area contributed by atoms with Crippen molar-refractivity contribution in [1.82, 2.24) is 0 Å². The Labute approximate surface area is 80.8 Å². The van der Waals surface area contributed by atoms with Gasteiger partial charge in [-0.2, -0.15) is 0 Å². The third-order valence-electron chi connectivity index (χ3n) is 5.24. The number of hydrogen-bond acceptors (Lipinski definition) is 1. The molecule has 1 nitrogen and oxygen atoms in total. The molecule has 4 bridgehead atoms. The summed E-state index contributed by atoms with van der Waals surface area (Å²) in [6, 6.07) is 0. The van der Waals surface area contributed by atoms with Crippen LogP contribution in [0.25, 0.3) is 0 Å². The number of hydrogen-bond donors (Lipinski definition) is 0. The average molecular weight is 180 g/mol. The van der Waals surface area contributed by atoms with Gasteiger partial charge in [-0.1, -0.05) is 6.42 Å². The van der Waals surface area contributed by atoms with Crippen LogP contribution in [0, 0.1) is 23.2 Å². The Balaban J connectivity index is 1.76. The van der Waals surface area contributed by atoms with Crippen molar-refractivity contribution in [3.63, 3.8) is 0 Å². The van der Waals surface area contributed by atoms with Gasteiger partial charge in [0.25, 0.3) is 0 Å². The first-order chi connectivity index (χ1) is 6.30. The van der Waals surface area contributed by atoms with Gasteiger partial charge < -0.3 is 4.74 Å². The monoisotopic (exact) mass is 180 g/mol. The summed E-state index contributed by atoms with van der Waals surface area (Å²) >= 11 is 0. The summed E-state index contributed by atoms with van der Waals surface area (Å²) in [5.74, 6) is 3.25. The van der Waals surface area contributed by atoms with Gasteiger partial charge in [0.15, 0.2) is 0 Å². The molecular weight excluding hydrogens is 160 g/mol. The minimum absolute atomic E-state index is 0.540. The van der Waals surface area contributed by atoms with Gasteiger partial charge in [-0.15, -0.1) is 0 Å². The average Bonchev–Trinajstić information content (AvgIpc) is 2.01. The van der Waals surface area contributed by atoms with E-state index in [1.54, 1.807) is 0 Å². The number of ether oxygens (including phenoxy) is 1. The lowest BCUT2D eigenvalue weighted by molar-refractivity contribution is -0.320. The van der Waals surface area contributed by atoms with Crippen LogP contribution in [0.1, 0.15) is 39.5 Å². The van der Waals surface area contributed by atoms with Gasteiger partial charge in [-0.25, -0.2) is 0 Å². The molecule has 0 aliphatic heterocycles. The smallest absolute Gasteiger partial charge is 0.0608 e. The molecule has 0 saturated heterocycles. The lowest BCUT2D eigenvalue weighted by Crippen LogP contribution is -2.74. The molecule has 13 heavy (non-hydrogen) atoms. The van der Waals surface area contributed by atoms with Gasteiger partial charge in [0.2, 0.25) is 0 Å². The summed E-state index contributed by atoms with van der Waals surface area (Å²) in [6.07, 6.45) is 6.52. The van der Waals surface area contributed by atoms with E-state index in [0.29, 0.717) is 11.5 Å². The van der Waals surface area contributed by atoms with Gasteiger partial charge in [-0.05, 0) is 50.9 Å². The van der Waals surface area contributed by atoms with Crippen molar-refractivity contribution >= 4 is 0 Å². The Morgan fingerprint density at radius 2 is 2.23 bits per heavy atom. The molecule has 0 amide bonds. The molecule has 4 fully saturated rings. The first-order valence-corrected chi connectivity index (χ1v) is 5.92. The van der Waals surface area contributed by atoms with Crippen LogP contribution in [-0.4, -0.2) is 12.7 Å². The normalized spacial score (nSPS) is 53.5. The predicted molar refractivity (Wildman–Crippen MR) is 52.5 cm³/mol. The highest BCUT2D eigenvalue weighted by Gasteiger charge is 2.73. The van der Waals surface area contributed by atoms with E-state index in [4.69, 9.17) is 4.74 Å². The van der Waals surface area contributed by atoms with E-state index in [0.717, 1.165) is 24.4 Å². The van der Waals surface area contributed by atoms with Crippen molar-refractivity contribution in [2.24, 2.45) is 23.2 Å². The highest BCUT2D eigenvalue weighted by Crippen LogP contribution is 2.78. The maximum Gasteiger partial charge on any atom is 0.0608 e. The van der Waals surface area contributed by atoms with E-state index in [1.807, 2.05) is 0 Å². The Morgan fingerprint density at radius 1 is 1.46 bits per heavy atom. The third-order valence-corrected chi connectivity index (χ3v) is 5.24. The van der Waals surface area contributed by atoms with Crippen molar-refractivity contribution in [1.29, 1.82) is 0 Å². The fraction of sp³-hybridized carbons (Fsp3) is 1.00. The Kier molecular flexibility index (Phi) is 1.59. The molecule has 0 aromatic rings. The lowest BCUT2D eigenvalue weighted by Gasteiger charge is -2.78. The molecule has 4 aliphatic carbocycles. The molecule has 0 aromatic heterocycles. The van der Waals surface area contributed by atoms with Gasteiger partial charge in [0, 0.05) is 12.0 Å². The maximum atomic E-state index is 5.82. The molecule has 0 aromatic carbocycles. The summed E-state index contributed by atoms with van der Waals surface area (Å²) in [5.41, 5.74) is 0.666. The van der Waals surface area contributed by atoms with Crippen molar-refractivity contribution in [2.45, 2.75) is 45.6 Å². The minimum Gasteiger partial charge on any atom is -0.378 e. The van der Waals surface area contributed by atoms with E-state index in [2.05, 4.69) is 13.8 Å². The Hall–Kier alpha value is -0.0400. The molecule has 4 rings (SSSR count). The summed E-state index contributed by atoms with van der Waals surface area (Å²) in [6.45, 7) is 5.33. The molecule has 0 spiro atoms. The van der Waals surface area contributed by atoms with Crippen molar-refractivity contribution in [3.05, 3.63) is 0 Å². The fourth-order valence-corrected chi connectivity index (χ4v) is 4.57. The van der Waals surface area contributed by atoms with Crippen LogP contribution in [0.4, 0.5) is 0 Å². The van der Waals surface area contributed by atoms with E-state index in [9.17, 15) is 0 Å². The standard InChI is InChI=1S/C12H20O/c1-3-13-8(2)12-6-4-5-9-10(12)7-11(9)12/h8-11H,3-7H2,1-2H3. The highest BCUT2D eigenvalue weighted by atomic mass is 16.5. The van der Waals surface area contributed by atoms with Crippen LogP contribution in [0.2, 0.25) is 0 Å². The molecule has 3 atom stereocenters. The van der Waals surface area contributed by atoms with Crippen molar-refractivity contribution < 1.29 is 4.74 Å². The Bertz CT molecular complexity index is 213. The van der Waals surface area contributed by atoms with E-state index >= 15 is 0 Å². The third kappa shape index (κ3) is 0.743. The van der Waals surface area contributed by atoms with Crippen LogP contribution in [0.3, 0.4) is 0 Å².